The predicted molar refractivity (Wildman–Crippen MR) is 84.9 cm³/mol. The van der Waals surface area contributed by atoms with E-state index in [1.54, 1.807) is 11.1 Å². The lowest BCUT2D eigenvalue weighted by molar-refractivity contribution is 0.146. The number of fused-ring (bicyclic) bond motifs is 1. The third-order valence-corrected chi connectivity index (χ3v) is 5.21. The minimum atomic E-state index is 0.536. The van der Waals surface area contributed by atoms with Gasteiger partial charge in [-0.1, -0.05) is 37.1 Å². The summed E-state index contributed by atoms with van der Waals surface area (Å²) in [4.78, 5) is 2.72. The molecule has 1 aliphatic carbocycles. The van der Waals surface area contributed by atoms with E-state index in [1.165, 1.54) is 58.2 Å². The fourth-order valence-corrected chi connectivity index (χ4v) is 4.27. The van der Waals surface area contributed by atoms with E-state index in [2.05, 4.69) is 41.5 Å². The van der Waals surface area contributed by atoms with Gasteiger partial charge in [0.1, 0.15) is 0 Å². The summed E-state index contributed by atoms with van der Waals surface area (Å²) in [6.07, 6.45) is 8.23. The molecule has 1 saturated carbocycles. The number of hydrogen-bond donors (Lipinski definition) is 1. The molecule has 1 N–H and O–H groups in total. The molecule has 1 heterocycles. The Kier molecular flexibility index (Phi) is 4.42. The van der Waals surface area contributed by atoms with Gasteiger partial charge < -0.3 is 5.32 Å². The number of rotatable bonds is 4. The lowest BCUT2D eigenvalue weighted by Crippen LogP contribution is -2.41. The Balaban J connectivity index is 1.71. The highest BCUT2D eigenvalue weighted by molar-refractivity contribution is 5.28. The lowest BCUT2D eigenvalue weighted by atomic mass is 9.85. The van der Waals surface area contributed by atoms with Crippen molar-refractivity contribution in [1.29, 1.82) is 0 Å². The number of benzene rings is 1. The van der Waals surface area contributed by atoms with E-state index >= 15 is 0 Å². The van der Waals surface area contributed by atoms with Crippen LogP contribution < -0.4 is 5.32 Å². The molecule has 1 fully saturated rings. The summed E-state index contributed by atoms with van der Waals surface area (Å²) in [5.41, 5.74) is 3.67. The average molecular weight is 272 g/mol. The van der Waals surface area contributed by atoms with E-state index in [4.69, 9.17) is 0 Å². The van der Waals surface area contributed by atoms with Gasteiger partial charge in [-0.05, 0) is 55.8 Å². The van der Waals surface area contributed by atoms with Crippen LogP contribution in [0.1, 0.15) is 43.2 Å². The monoisotopic (exact) mass is 272 g/mol. The highest BCUT2D eigenvalue weighted by Gasteiger charge is 2.35. The standard InChI is InChI=1S/C18H28N2/c1-19-14-18(10-4-5-11-18)15-20-12-6-9-16-7-2-3-8-17(16)13-20/h2-3,7-8,19H,4-6,9-15H2,1H3. The molecule has 2 heteroatoms. The molecule has 0 amide bonds. The largest absolute Gasteiger partial charge is 0.319 e. The van der Waals surface area contributed by atoms with Gasteiger partial charge in [-0.2, -0.15) is 0 Å². The van der Waals surface area contributed by atoms with Crippen LogP contribution in [0.3, 0.4) is 0 Å². The third-order valence-electron chi connectivity index (χ3n) is 5.21. The van der Waals surface area contributed by atoms with Crippen molar-refractivity contribution in [3.8, 4) is 0 Å². The van der Waals surface area contributed by atoms with Gasteiger partial charge in [-0.3, -0.25) is 4.90 Å². The maximum Gasteiger partial charge on any atom is 0.0236 e. The van der Waals surface area contributed by atoms with Crippen LogP contribution in [0.15, 0.2) is 24.3 Å². The molecule has 0 spiro atoms. The molecule has 0 atom stereocenters. The quantitative estimate of drug-likeness (QED) is 0.905. The first-order valence-corrected chi connectivity index (χ1v) is 8.25. The van der Waals surface area contributed by atoms with Gasteiger partial charge >= 0.3 is 0 Å². The second-order valence-corrected chi connectivity index (χ2v) is 6.82. The smallest absolute Gasteiger partial charge is 0.0236 e. The van der Waals surface area contributed by atoms with Gasteiger partial charge in [0.05, 0.1) is 0 Å². The normalized spacial score (nSPS) is 22.4. The van der Waals surface area contributed by atoms with Crippen molar-refractivity contribution < 1.29 is 0 Å². The molecule has 1 aromatic carbocycles. The topological polar surface area (TPSA) is 15.3 Å². The van der Waals surface area contributed by atoms with Crippen molar-refractivity contribution in [3.05, 3.63) is 35.4 Å². The first-order chi connectivity index (χ1) is 9.81. The molecular formula is C18H28N2. The summed E-state index contributed by atoms with van der Waals surface area (Å²) in [6, 6.07) is 9.03. The van der Waals surface area contributed by atoms with Crippen LogP contribution in [0.2, 0.25) is 0 Å². The molecule has 1 aromatic rings. The van der Waals surface area contributed by atoms with E-state index in [9.17, 15) is 0 Å². The van der Waals surface area contributed by atoms with E-state index in [0.29, 0.717) is 5.41 Å². The zero-order chi connectivity index (χ0) is 13.8. The van der Waals surface area contributed by atoms with Crippen molar-refractivity contribution in [2.45, 2.75) is 45.1 Å². The Bertz CT molecular complexity index is 435. The van der Waals surface area contributed by atoms with Crippen LogP contribution in [-0.2, 0) is 13.0 Å². The van der Waals surface area contributed by atoms with Crippen LogP contribution in [-0.4, -0.2) is 31.6 Å². The maximum atomic E-state index is 3.45. The molecule has 0 unspecified atom stereocenters. The van der Waals surface area contributed by atoms with Crippen molar-refractivity contribution in [3.63, 3.8) is 0 Å². The Morgan fingerprint density at radius 2 is 1.85 bits per heavy atom. The number of nitrogens with one attached hydrogen (secondary N) is 1. The number of nitrogens with zero attached hydrogens (tertiary/aromatic N) is 1. The van der Waals surface area contributed by atoms with Gasteiger partial charge in [0.15, 0.2) is 0 Å². The van der Waals surface area contributed by atoms with Crippen LogP contribution in [0.25, 0.3) is 0 Å². The van der Waals surface area contributed by atoms with Gasteiger partial charge in [0.2, 0.25) is 0 Å². The number of hydrogen-bond acceptors (Lipinski definition) is 2. The Labute approximate surface area is 123 Å². The van der Waals surface area contributed by atoms with Crippen LogP contribution in [0, 0.1) is 5.41 Å². The van der Waals surface area contributed by atoms with Crippen molar-refractivity contribution in [2.75, 3.05) is 26.7 Å². The summed E-state index contributed by atoms with van der Waals surface area (Å²) < 4.78 is 0. The SMILES string of the molecule is CNCC1(CN2CCCc3ccccc3C2)CCCC1. The molecule has 20 heavy (non-hydrogen) atoms. The van der Waals surface area contributed by atoms with E-state index in [0.717, 1.165) is 6.54 Å². The van der Waals surface area contributed by atoms with Crippen molar-refractivity contribution in [2.24, 2.45) is 5.41 Å². The Morgan fingerprint density at radius 3 is 2.60 bits per heavy atom. The minimum Gasteiger partial charge on any atom is -0.319 e. The summed E-state index contributed by atoms with van der Waals surface area (Å²) in [5, 5.41) is 3.45. The van der Waals surface area contributed by atoms with Gasteiger partial charge in [0.25, 0.3) is 0 Å². The molecule has 2 nitrogen and oxygen atoms in total. The van der Waals surface area contributed by atoms with E-state index < -0.39 is 0 Å². The third kappa shape index (κ3) is 3.07. The second kappa shape index (κ2) is 6.28. The molecule has 0 aromatic heterocycles. The van der Waals surface area contributed by atoms with Crippen molar-refractivity contribution >= 4 is 0 Å². The summed E-state index contributed by atoms with van der Waals surface area (Å²) in [6.45, 7) is 4.88. The molecule has 0 saturated heterocycles. The molecule has 1 aliphatic heterocycles. The average Bonchev–Trinajstić information content (AvgIpc) is 2.80. The Morgan fingerprint density at radius 1 is 1.10 bits per heavy atom. The molecule has 2 aliphatic rings. The number of aryl methyl sites for hydroxylation is 1. The zero-order valence-corrected chi connectivity index (χ0v) is 12.8. The van der Waals surface area contributed by atoms with Crippen LogP contribution in [0.5, 0.6) is 0 Å². The van der Waals surface area contributed by atoms with Crippen molar-refractivity contribution in [1.82, 2.24) is 10.2 Å². The first-order valence-electron chi connectivity index (χ1n) is 8.25. The summed E-state index contributed by atoms with van der Waals surface area (Å²) >= 11 is 0. The van der Waals surface area contributed by atoms with Gasteiger partial charge in [-0.15, -0.1) is 0 Å². The van der Waals surface area contributed by atoms with Crippen LogP contribution in [0.4, 0.5) is 0 Å². The van der Waals surface area contributed by atoms with Gasteiger partial charge in [0, 0.05) is 19.6 Å². The summed E-state index contributed by atoms with van der Waals surface area (Å²) in [7, 11) is 2.11. The lowest BCUT2D eigenvalue weighted by Gasteiger charge is -2.35. The highest BCUT2D eigenvalue weighted by Crippen LogP contribution is 2.39. The fraction of sp³-hybridized carbons (Fsp3) is 0.667. The predicted octanol–water partition coefficient (Wildman–Crippen LogP) is 3.21. The maximum absolute atomic E-state index is 3.45. The molecular weight excluding hydrogens is 244 g/mol. The first kappa shape index (κ1) is 14.1. The molecule has 0 radical (unpaired) electrons. The molecule has 3 rings (SSSR count). The highest BCUT2D eigenvalue weighted by atomic mass is 15.1. The molecule has 110 valence electrons. The summed E-state index contributed by atoms with van der Waals surface area (Å²) in [5.74, 6) is 0. The fourth-order valence-electron chi connectivity index (χ4n) is 4.27. The van der Waals surface area contributed by atoms with E-state index in [1.807, 2.05) is 0 Å². The van der Waals surface area contributed by atoms with Crippen LogP contribution >= 0.6 is 0 Å². The van der Waals surface area contributed by atoms with Gasteiger partial charge in [-0.25, -0.2) is 0 Å². The minimum absolute atomic E-state index is 0.536. The Hall–Kier alpha value is -0.860. The second-order valence-electron chi connectivity index (χ2n) is 6.82. The molecule has 0 bridgehead atoms. The zero-order valence-electron chi connectivity index (χ0n) is 12.8. The van der Waals surface area contributed by atoms with E-state index in [-0.39, 0.29) is 0 Å².